The zero-order valence-electron chi connectivity index (χ0n) is 13.7. The second-order valence-electron chi connectivity index (χ2n) is 6.95. The fourth-order valence-corrected chi connectivity index (χ4v) is 4.28. The molecule has 116 valence electrons. The lowest BCUT2D eigenvalue weighted by atomic mass is 9.78. The molecular weight excluding hydrogens is 288 g/mol. The average Bonchev–Trinajstić information content (AvgIpc) is 2.65. The van der Waals surface area contributed by atoms with Gasteiger partial charge in [-0.05, 0) is 69.6 Å². The Kier molecular flexibility index (Phi) is 3.16. The smallest absolute Gasteiger partial charge is 0.00924 e. The van der Waals surface area contributed by atoms with E-state index in [1.807, 2.05) is 0 Å². The van der Waals surface area contributed by atoms with Crippen LogP contribution in [-0.4, -0.2) is 0 Å². The maximum Gasteiger partial charge on any atom is 0.00924 e. The lowest BCUT2D eigenvalue weighted by Gasteiger charge is -2.26. The molecule has 0 heteroatoms. The predicted molar refractivity (Wildman–Crippen MR) is 103 cm³/mol. The summed E-state index contributed by atoms with van der Waals surface area (Å²) in [4.78, 5) is 0. The van der Waals surface area contributed by atoms with Gasteiger partial charge in [-0.25, -0.2) is 0 Å². The minimum Gasteiger partial charge on any atom is -0.0620 e. The van der Waals surface area contributed by atoms with Crippen LogP contribution in [0.1, 0.15) is 35.4 Å². The van der Waals surface area contributed by atoms with E-state index in [1.54, 1.807) is 0 Å². The molecule has 1 aliphatic carbocycles. The molecule has 0 saturated heterocycles. The molecule has 0 spiro atoms. The van der Waals surface area contributed by atoms with E-state index in [2.05, 4.69) is 78.9 Å². The Labute approximate surface area is 142 Å². The summed E-state index contributed by atoms with van der Waals surface area (Å²) in [6, 6.07) is 29.3. The van der Waals surface area contributed by atoms with Crippen LogP contribution in [0.2, 0.25) is 0 Å². The van der Waals surface area contributed by atoms with Gasteiger partial charge < -0.3 is 0 Å². The van der Waals surface area contributed by atoms with E-state index < -0.39 is 0 Å². The van der Waals surface area contributed by atoms with Gasteiger partial charge in [-0.15, -0.1) is 0 Å². The van der Waals surface area contributed by atoms with E-state index in [9.17, 15) is 0 Å². The van der Waals surface area contributed by atoms with Crippen LogP contribution < -0.4 is 0 Å². The van der Waals surface area contributed by atoms with Gasteiger partial charge >= 0.3 is 0 Å². The fourth-order valence-electron chi connectivity index (χ4n) is 4.28. The molecule has 24 heavy (non-hydrogen) atoms. The fraction of sp³-hybridized carbons (Fsp3) is 0.167. The van der Waals surface area contributed by atoms with Crippen LogP contribution in [0.25, 0.3) is 21.5 Å². The molecular formula is C24H20. The molecule has 0 nitrogen and oxygen atoms in total. The summed E-state index contributed by atoms with van der Waals surface area (Å²) in [6.07, 6.45) is 3.78. The molecule has 5 rings (SSSR count). The summed E-state index contributed by atoms with van der Waals surface area (Å²) in [5, 5.41) is 5.34. The van der Waals surface area contributed by atoms with Crippen LogP contribution in [0.4, 0.5) is 0 Å². The number of benzene rings is 4. The Morgan fingerprint density at radius 1 is 0.625 bits per heavy atom. The summed E-state index contributed by atoms with van der Waals surface area (Å²) in [6.45, 7) is 0. The van der Waals surface area contributed by atoms with Gasteiger partial charge in [0, 0.05) is 5.92 Å². The van der Waals surface area contributed by atoms with Crippen molar-refractivity contribution < 1.29 is 0 Å². The van der Waals surface area contributed by atoms with Gasteiger partial charge in [-0.3, -0.25) is 0 Å². The van der Waals surface area contributed by atoms with Crippen molar-refractivity contribution in [1.82, 2.24) is 0 Å². The summed E-state index contributed by atoms with van der Waals surface area (Å²) >= 11 is 0. The maximum absolute atomic E-state index is 2.41. The molecule has 0 fully saturated rings. The third-order valence-electron chi connectivity index (χ3n) is 5.50. The van der Waals surface area contributed by atoms with Crippen molar-refractivity contribution in [3.63, 3.8) is 0 Å². The van der Waals surface area contributed by atoms with E-state index in [1.165, 1.54) is 57.5 Å². The third kappa shape index (κ3) is 2.22. The Hall–Kier alpha value is -2.60. The number of fused-ring (bicyclic) bond motifs is 3. The predicted octanol–water partition coefficient (Wildman–Crippen LogP) is 6.46. The van der Waals surface area contributed by atoms with Crippen LogP contribution in [-0.2, 0) is 6.42 Å². The first-order valence-electron chi connectivity index (χ1n) is 8.89. The Bertz CT molecular complexity index is 1040. The molecule has 0 bridgehead atoms. The van der Waals surface area contributed by atoms with E-state index in [0.29, 0.717) is 5.92 Å². The van der Waals surface area contributed by atoms with Gasteiger partial charge in [0.05, 0.1) is 0 Å². The molecule has 0 aliphatic heterocycles. The zero-order valence-corrected chi connectivity index (χ0v) is 13.7. The van der Waals surface area contributed by atoms with Gasteiger partial charge in [-0.2, -0.15) is 0 Å². The molecule has 0 amide bonds. The largest absolute Gasteiger partial charge is 0.0620 e. The molecule has 0 heterocycles. The summed E-state index contributed by atoms with van der Waals surface area (Å²) in [7, 11) is 0. The minimum atomic E-state index is 0.547. The SMILES string of the molecule is c1ccc2c(c1)CCCC2c1ccc2cc3ccccc3cc2c1. The van der Waals surface area contributed by atoms with Crippen LogP contribution in [0.3, 0.4) is 0 Å². The lowest BCUT2D eigenvalue weighted by molar-refractivity contribution is 0.616. The summed E-state index contributed by atoms with van der Waals surface area (Å²) < 4.78 is 0. The third-order valence-corrected chi connectivity index (χ3v) is 5.50. The highest BCUT2D eigenvalue weighted by Gasteiger charge is 2.21. The quantitative estimate of drug-likeness (QED) is 0.354. The molecule has 1 aliphatic rings. The Morgan fingerprint density at radius 3 is 2.21 bits per heavy atom. The molecule has 0 saturated carbocycles. The first kappa shape index (κ1) is 13.8. The number of rotatable bonds is 1. The Balaban J connectivity index is 1.67. The highest BCUT2D eigenvalue weighted by atomic mass is 14.3. The van der Waals surface area contributed by atoms with E-state index >= 15 is 0 Å². The molecule has 1 unspecified atom stereocenters. The number of hydrogen-bond donors (Lipinski definition) is 0. The number of hydrogen-bond acceptors (Lipinski definition) is 0. The Morgan fingerprint density at radius 2 is 1.33 bits per heavy atom. The summed E-state index contributed by atoms with van der Waals surface area (Å²) in [5.41, 5.74) is 4.53. The molecule has 0 radical (unpaired) electrons. The van der Waals surface area contributed by atoms with E-state index in [0.717, 1.165) is 0 Å². The highest BCUT2D eigenvalue weighted by Crippen LogP contribution is 2.37. The van der Waals surface area contributed by atoms with Crippen molar-refractivity contribution >= 4 is 21.5 Å². The van der Waals surface area contributed by atoms with Crippen molar-refractivity contribution in [2.24, 2.45) is 0 Å². The molecule has 0 N–H and O–H groups in total. The standard InChI is InChI=1S/C24H20/c1-2-8-19-15-22-16-21(13-12-20(22)14-18(19)7-1)24-11-5-9-17-6-3-4-10-23(17)24/h1-4,6-8,10,12-16,24H,5,9,11H2. The second-order valence-corrected chi connectivity index (χ2v) is 6.95. The normalized spacial score (nSPS) is 17.1. The maximum atomic E-state index is 2.41. The van der Waals surface area contributed by atoms with Crippen molar-refractivity contribution in [2.45, 2.75) is 25.2 Å². The highest BCUT2D eigenvalue weighted by molar-refractivity contribution is 5.98. The van der Waals surface area contributed by atoms with Gasteiger partial charge in [0.25, 0.3) is 0 Å². The van der Waals surface area contributed by atoms with E-state index in [-0.39, 0.29) is 0 Å². The van der Waals surface area contributed by atoms with Crippen LogP contribution in [0.5, 0.6) is 0 Å². The van der Waals surface area contributed by atoms with Crippen molar-refractivity contribution in [3.05, 3.63) is 95.6 Å². The minimum absolute atomic E-state index is 0.547. The first-order chi connectivity index (χ1) is 11.9. The summed E-state index contributed by atoms with van der Waals surface area (Å²) in [5.74, 6) is 0.547. The zero-order chi connectivity index (χ0) is 15.9. The molecule has 0 aromatic heterocycles. The second kappa shape index (κ2) is 5.49. The van der Waals surface area contributed by atoms with Crippen LogP contribution >= 0.6 is 0 Å². The number of aryl methyl sites for hydroxylation is 1. The van der Waals surface area contributed by atoms with Crippen molar-refractivity contribution in [2.75, 3.05) is 0 Å². The van der Waals surface area contributed by atoms with Gasteiger partial charge in [0.15, 0.2) is 0 Å². The van der Waals surface area contributed by atoms with Gasteiger partial charge in [0.2, 0.25) is 0 Å². The average molecular weight is 308 g/mol. The van der Waals surface area contributed by atoms with Crippen LogP contribution in [0, 0.1) is 0 Å². The molecule has 4 aromatic rings. The topological polar surface area (TPSA) is 0 Å². The van der Waals surface area contributed by atoms with Crippen molar-refractivity contribution in [1.29, 1.82) is 0 Å². The van der Waals surface area contributed by atoms with Gasteiger partial charge in [0.1, 0.15) is 0 Å². The molecule has 4 aromatic carbocycles. The first-order valence-corrected chi connectivity index (χ1v) is 8.89. The lowest BCUT2D eigenvalue weighted by Crippen LogP contribution is -2.10. The monoisotopic (exact) mass is 308 g/mol. The van der Waals surface area contributed by atoms with Crippen LogP contribution in [0.15, 0.2) is 78.9 Å². The van der Waals surface area contributed by atoms with Gasteiger partial charge in [-0.1, -0.05) is 66.7 Å². The van der Waals surface area contributed by atoms with Crippen molar-refractivity contribution in [3.8, 4) is 0 Å². The molecule has 1 atom stereocenters. The van der Waals surface area contributed by atoms with E-state index in [4.69, 9.17) is 0 Å².